The van der Waals surface area contributed by atoms with Gasteiger partial charge in [0, 0.05) is 68.8 Å². The van der Waals surface area contributed by atoms with E-state index in [1.165, 1.54) is 17.4 Å². The molecule has 3 heterocycles. The van der Waals surface area contributed by atoms with Crippen LogP contribution in [0.5, 0.6) is 5.19 Å². The molecule has 36 heavy (non-hydrogen) atoms. The number of aromatic nitrogens is 3. The van der Waals surface area contributed by atoms with Crippen LogP contribution in [-0.4, -0.2) is 69.4 Å². The molecule has 2 aliphatic rings. The Bertz CT molecular complexity index is 1030. The summed E-state index contributed by atoms with van der Waals surface area (Å²) in [6.07, 6.45) is 10.8. The van der Waals surface area contributed by atoms with Gasteiger partial charge in [0.1, 0.15) is 5.67 Å². The molecule has 0 bridgehead atoms. The van der Waals surface area contributed by atoms with E-state index in [4.69, 9.17) is 4.74 Å². The number of halogens is 3. The molecule has 4 rings (SSSR count). The standard InChI is InChI=1S/C25H34F3N5O2S/c1-24(26,27)17-35-23-31-20-7-12-33(13-8-21(20)36-23)14-11-25(28)9-5-19(6-10-25)30-22(34)4-3-18-15-29-32(2)16-18/h3-4,15-16,19H,5-14,17H2,1-2H3,(H,30,34)/b4-3+/t19-,25+. The molecular weight excluding hydrogens is 491 g/mol. The van der Waals surface area contributed by atoms with E-state index in [1.807, 2.05) is 13.2 Å². The van der Waals surface area contributed by atoms with Crippen LogP contribution < -0.4 is 10.1 Å². The Kier molecular flexibility index (Phi) is 8.39. The molecule has 198 valence electrons. The smallest absolute Gasteiger partial charge is 0.278 e. The minimum Gasteiger partial charge on any atom is -0.464 e. The fraction of sp³-hybridized carbons (Fsp3) is 0.640. The van der Waals surface area contributed by atoms with Gasteiger partial charge in [-0.2, -0.15) is 5.10 Å². The number of rotatable bonds is 9. The minimum atomic E-state index is -2.88. The summed E-state index contributed by atoms with van der Waals surface area (Å²) in [6.45, 7) is 2.37. The zero-order valence-electron chi connectivity index (χ0n) is 20.8. The van der Waals surface area contributed by atoms with Gasteiger partial charge < -0.3 is 15.0 Å². The minimum absolute atomic E-state index is 0.00996. The Balaban J connectivity index is 1.17. The van der Waals surface area contributed by atoms with E-state index in [-0.39, 0.29) is 11.9 Å². The van der Waals surface area contributed by atoms with Crippen molar-refractivity contribution in [3.05, 3.63) is 34.6 Å². The number of hydrogen-bond acceptors (Lipinski definition) is 6. The number of carbonyl (C=O) groups excluding carboxylic acids is 1. The highest BCUT2D eigenvalue weighted by Gasteiger charge is 2.36. The van der Waals surface area contributed by atoms with Crippen molar-refractivity contribution in [1.82, 2.24) is 25.0 Å². The van der Waals surface area contributed by atoms with Crippen LogP contribution >= 0.6 is 11.3 Å². The van der Waals surface area contributed by atoms with Crippen LogP contribution in [0, 0.1) is 0 Å². The predicted octanol–water partition coefficient (Wildman–Crippen LogP) is 4.18. The highest BCUT2D eigenvalue weighted by Crippen LogP contribution is 2.35. The molecule has 0 aromatic carbocycles. The van der Waals surface area contributed by atoms with Crippen molar-refractivity contribution < 1.29 is 22.7 Å². The molecule has 0 unspecified atom stereocenters. The number of ether oxygens (including phenoxy) is 1. The van der Waals surface area contributed by atoms with Gasteiger partial charge in [-0.3, -0.25) is 9.48 Å². The molecule has 1 aliphatic heterocycles. The molecule has 0 spiro atoms. The number of hydrogen-bond donors (Lipinski definition) is 1. The van der Waals surface area contributed by atoms with Gasteiger partial charge in [-0.05, 0) is 44.6 Å². The summed E-state index contributed by atoms with van der Waals surface area (Å²) in [5.74, 6) is -3.05. The summed E-state index contributed by atoms with van der Waals surface area (Å²) in [6, 6.07) is -0.00996. The van der Waals surface area contributed by atoms with Crippen molar-refractivity contribution in [2.75, 3.05) is 26.2 Å². The summed E-state index contributed by atoms with van der Waals surface area (Å²) in [5.41, 5.74) is 0.545. The summed E-state index contributed by atoms with van der Waals surface area (Å²) < 4.78 is 48.4. The summed E-state index contributed by atoms with van der Waals surface area (Å²) >= 11 is 1.33. The molecule has 2 aromatic heterocycles. The molecule has 7 nitrogen and oxygen atoms in total. The zero-order chi connectivity index (χ0) is 25.8. The first-order valence-corrected chi connectivity index (χ1v) is 13.3. The van der Waals surface area contributed by atoms with Gasteiger partial charge in [0.15, 0.2) is 6.61 Å². The topological polar surface area (TPSA) is 72.3 Å². The normalized spacial score (nSPS) is 23.4. The van der Waals surface area contributed by atoms with E-state index in [1.54, 1.807) is 17.0 Å². The molecule has 1 amide bonds. The molecule has 0 atom stereocenters. The number of nitrogens with one attached hydrogen (secondary N) is 1. The average Bonchev–Trinajstić information content (AvgIpc) is 3.37. The van der Waals surface area contributed by atoms with Crippen LogP contribution in [0.4, 0.5) is 13.2 Å². The summed E-state index contributed by atoms with van der Waals surface area (Å²) in [4.78, 5) is 19.9. The lowest BCUT2D eigenvalue weighted by Crippen LogP contribution is -2.42. The molecule has 0 saturated heterocycles. The van der Waals surface area contributed by atoms with Crippen molar-refractivity contribution in [2.45, 2.75) is 69.5 Å². The summed E-state index contributed by atoms with van der Waals surface area (Å²) in [5, 5.41) is 7.35. The van der Waals surface area contributed by atoms with E-state index in [9.17, 15) is 13.6 Å². The van der Waals surface area contributed by atoms with Crippen LogP contribution in [0.25, 0.3) is 6.08 Å². The Hall–Kier alpha value is -2.40. The van der Waals surface area contributed by atoms with E-state index >= 15 is 4.39 Å². The maximum atomic E-state index is 15.5. The lowest BCUT2D eigenvalue weighted by Gasteiger charge is -2.35. The van der Waals surface area contributed by atoms with E-state index in [0.29, 0.717) is 50.3 Å². The fourth-order valence-electron chi connectivity index (χ4n) is 4.69. The predicted molar refractivity (Wildman–Crippen MR) is 133 cm³/mol. The van der Waals surface area contributed by atoms with Gasteiger partial charge in [-0.25, -0.2) is 18.2 Å². The van der Waals surface area contributed by atoms with Crippen molar-refractivity contribution in [1.29, 1.82) is 0 Å². The Morgan fingerprint density at radius 1 is 1.33 bits per heavy atom. The van der Waals surface area contributed by atoms with Crippen LogP contribution in [0.3, 0.4) is 0 Å². The van der Waals surface area contributed by atoms with Gasteiger partial charge in [0.05, 0.1) is 11.9 Å². The van der Waals surface area contributed by atoms with E-state index in [2.05, 4.69) is 20.3 Å². The zero-order valence-corrected chi connectivity index (χ0v) is 21.6. The van der Waals surface area contributed by atoms with Crippen LogP contribution in [0.15, 0.2) is 18.5 Å². The van der Waals surface area contributed by atoms with Crippen molar-refractivity contribution in [3.63, 3.8) is 0 Å². The first-order valence-electron chi connectivity index (χ1n) is 12.4. The SMILES string of the molecule is Cn1cc(/C=C/C(=O)N[C@H]2CC[C@](F)(CCN3CCc4nc(OCC(C)(F)F)sc4CC3)CC2)cn1. The number of aryl methyl sites for hydroxylation is 1. The van der Waals surface area contributed by atoms with Gasteiger partial charge >= 0.3 is 0 Å². The monoisotopic (exact) mass is 525 g/mol. The molecule has 1 aliphatic carbocycles. The molecule has 0 radical (unpaired) electrons. The average molecular weight is 526 g/mol. The van der Waals surface area contributed by atoms with Gasteiger partial charge in [0.2, 0.25) is 5.91 Å². The molecule has 1 saturated carbocycles. The number of nitrogens with zero attached hydrogens (tertiary/aromatic N) is 4. The van der Waals surface area contributed by atoms with Crippen LogP contribution in [0.2, 0.25) is 0 Å². The Morgan fingerprint density at radius 2 is 2.08 bits per heavy atom. The lowest BCUT2D eigenvalue weighted by molar-refractivity contribution is -0.117. The third-order valence-corrected chi connectivity index (χ3v) is 7.85. The third-order valence-electron chi connectivity index (χ3n) is 6.78. The highest BCUT2D eigenvalue weighted by atomic mass is 32.1. The van der Waals surface area contributed by atoms with Crippen molar-refractivity contribution in [3.8, 4) is 5.19 Å². The molecule has 11 heteroatoms. The summed E-state index contributed by atoms with van der Waals surface area (Å²) in [7, 11) is 1.82. The lowest BCUT2D eigenvalue weighted by atomic mass is 9.81. The maximum Gasteiger partial charge on any atom is 0.278 e. The van der Waals surface area contributed by atoms with E-state index in [0.717, 1.165) is 42.6 Å². The number of alkyl halides is 3. The fourth-order valence-corrected chi connectivity index (χ4v) is 5.64. The third kappa shape index (κ3) is 7.80. The second kappa shape index (κ2) is 11.3. The molecule has 1 fully saturated rings. The van der Waals surface area contributed by atoms with Crippen LogP contribution in [-0.2, 0) is 24.7 Å². The van der Waals surface area contributed by atoms with Crippen molar-refractivity contribution >= 4 is 23.3 Å². The quantitative estimate of drug-likeness (QED) is 0.498. The Labute approximate surface area is 213 Å². The number of fused-ring (bicyclic) bond motifs is 1. The van der Waals surface area contributed by atoms with Gasteiger partial charge in [-0.15, -0.1) is 0 Å². The molecule has 1 N–H and O–H groups in total. The maximum absolute atomic E-state index is 15.5. The second-order valence-electron chi connectivity index (χ2n) is 10.0. The Morgan fingerprint density at radius 3 is 2.78 bits per heavy atom. The number of amides is 1. The van der Waals surface area contributed by atoms with Gasteiger partial charge in [0.25, 0.3) is 11.1 Å². The first-order chi connectivity index (χ1) is 17.1. The first kappa shape index (κ1) is 26.7. The van der Waals surface area contributed by atoms with Crippen LogP contribution in [0.1, 0.15) is 55.2 Å². The van der Waals surface area contributed by atoms with Crippen molar-refractivity contribution in [2.24, 2.45) is 7.05 Å². The molecular formula is C25H34F3N5O2S. The molecule has 2 aromatic rings. The number of thiazole rings is 1. The van der Waals surface area contributed by atoms with Gasteiger partial charge in [-0.1, -0.05) is 11.3 Å². The second-order valence-corrected chi connectivity index (χ2v) is 11.1. The number of carbonyl (C=O) groups is 1. The largest absolute Gasteiger partial charge is 0.464 e. The van der Waals surface area contributed by atoms with E-state index < -0.39 is 18.2 Å². The highest BCUT2D eigenvalue weighted by molar-refractivity contribution is 7.13.